The minimum atomic E-state index is -0.554. The third-order valence-electron chi connectivity index (χ3n) is 4.31. The first-order valence-corrected chi connectivity index (χ1v) is 9.06. The van der Waals surface area contributed by atoms with Crippen molar-refractivity contribution < 1.29 is 14.3 Å². The summed E-state index contributed by atoms with van der Waals surface area (Å²) in [4.78, 5) is 37.0. The van der Waals surface area contributed by atoms with E-state index < -0.39 is 11.6 Å². The van der Waals surface area contributed by atoms with Crippen molar-refractivity contribution >= 4 is 23.3 Å². The van der Waals surface area contributed by atoms with Crippen molar-refractivity contribution in [3.8, 4) is 5.75 Å². The number of pyridine rings is 1. The molecule has 8 heteroatoms. The average molecular weight is 386 g/mol. The van der Waals surface area contributed by atoms with E-state index in [4.69, 9.17) is 4.74 Å². The summed E-state index contributed by atoms with van der Waals surface area (Å²) in [5.74, 6) is 0.419. The number of methoxy groups -OCH3 is 1. The van der Waals surface area contributed by atoms with E-state index in [-0.39, 0.29) is 24.2 Å². The lowest BCUT2D eigenvalue weighted by Gasteiger charge is -2.15. The summed E-state index contributed by atoms with van der Waals surface area (Å²) in [5, 5.41) is 8.00. The molecule has 0 radical (unpaired) electrons. The molecular weight excluding hydrogens is 360 g/mol. The van der Waals surface area contributed by atoms with Gasteiger partial charge in [0.15, 0.2) is 0 Å². The Kier molecular flexibility index (Phi) is 7.20. The number of carbonyl (C=O) groups is 2. The summed E-state index contributed by atoms with van der Waals surface area (Å²) < 4.78 is 6.40. The molecule has 0 saturated carbocycles. The first kappa shape index (κ1) is 21.0. The molecule has 3 amide bonds. The van der Waals surface area contributed by atoms with Crippen LogP contribution in [0.25, 0.3) is 0 Å². The number of amides is 3. The molecule has 2 rings (SSSR count). The van der Waals surface area contributed by atoms with Gasteiger partial charge in [0.2, 0.25) is 5.91 Å². The van der Waals surface area contributed by atoms with Crippen LogP contribution < -0.4 is 26.2 Å². The van der Waals surface area contributed by atoms with E-state index in [2.05, 4.69) is 16.0 Å². The van der Waals surface area contributed by atoms with Crippen LogP contribution in [-0.4, -0.2) is 29.7 Å². The highest BCUT2D eigenvalue weighted by atomic mass is 16.5. The monoisotopic (exact) mass is 386 g/mol. The Labute approximate surface area is 163 Å². The van der Waals surface area contributed by atoms with Gasteiger partial charge in [-0.3, -0.25) is 9.59 Å². The zero-order valence-corrected chi connectivity index (χ0v) is 16.5. The zero-order chi connectivity index (χ0) is 20.7. The van der Waals surface area contributed by atoms with Crippen LogP contribution in [0.4, 0.5) is 16.2 Å². The minimum Gasteiger partial charge on any atom is -0.497 e. The number of hydrogen-bond acceptors (Lipinski definition) is 4. The van der Waals surface area contributed by atoms with E-state index in [0.29, 0.717) is 17.1 Å². The van der Waals surface area contributed by atoms with Crippen LogP contribution in [0, 0.1) is 6.92 Å². The summed E-state index contributed by atoms with van der Waals surface area (Å²) >= 11 is 0. The second-order valence-corrected chi connectivity index (χ2v) is 6.46. The normalized spacial score (nSPS) is 11.4. The van der Waals surface area contributed by atoms with Crippen molar-refractivity contribution in [2.24, 2.45) is 0 Å². The van der Waals surface area contributed by atoms with Crippen LogP contribution in [0.15, 0.2) is 41.2 Å². The standard InChI is InChI=1S/C20H26N4O4/c1-5-13(2)21-18(25)12-24-14(3)6-11-17(19(24)26)23-20(27)22-15-7-9-16(28-4)10-8-15/h6-11,13H,5,12H2,1-4H3,(H,21,25)(H2,22,23,27)/t13-/m1/s1. The van der Waals surface area contributed by atoms with Gasteiger partial charge in [-0.15, -0.1) is 0 Å². The maximum absolute atomic E-state index is 12.7. The molecule has 0 aliphatic heterocycles. The number of nitrogens with one attached hydrogen (secondary N) is 3. The number of carbonyl (C=O) groups excluding carboxylic acids is 2. The average Bonchev–Trinajstić information content (AvgIpc) is 2.67. The van der Waals surface area contributed by atoms with Crippen molar-refractivity contribution in [1.29, 1.82) is 0 Å². The molecule has 8 nitrogen and oxygen atoms in total. The molecular formula is C20H26N4O4. The fourth-order valence-electron chi connectivity index (χ4n) is 2.49. The van der Waals surface area contributed by atoms with Crippen LogP contribution in [0.1, 0.15) is 26.0 Å². The molecule has 0 spiro atoms. The number of aryl methyl sites for hydroxylation is 1. The smallest absolute Gasteiger partial charge is 0.323 e. The van der Waals surface area contributed by atoms with E-state index in [0.717, 1.165) is 6.42 Å². The molecule has 2 aromatic rings. The molecule has 0 aliphatic carbocycles. The van der Waals surface area contributed by atoms with Gasteiger partial charge in [0, 0.05) is 17.4 Å². The molecule has 0 aliphatic rings. The van der Waals surface area contributed by atoms with Crippen LogP contribution >= 0.6 is 0 Å². The highest BCUT2D eigenvalue weighted by Gasteiger charge is 2.13. The highest BCUT2D eigenvalue weighted by Crippen LogP contribution is 2.15. The van der Waals surface area contributed by atoms with Crippen molar-refractivity contribution in [1.82, 2.24) is 9.88 Å². The number of rotatable bonds is 7. The van der Waals surface area contributed by atoms with Gasteiger partial charge in [0.1, 0.15) is 18.0 Å². The van der Waals surface area contributed by atoms with Gasteiger partial charge in [-0.05, 0) is 56.7 Å². The summed E-state index contributed by atoms with van der Waals surface area (Å²) in [6.45, 7) is 5.49. The molecule has 1 aromatic heterocycles. The van der Waals surface area contributed by atoms with Crippen molar-refractivity contribution in [2.75, 3.05) is 17.7 Å². The predicted octanol–water partition coefficient (Wildman–Crippen LogP) is 2.72. The molecule has 1 atom stereocenters. The topological polar surface area (TPSA) is 101 Å². The SMILES string of the molecule is CC[C@@H](C)NC(=O)Cn1c(C)ccc(NC(=O)Nc2ccc(OC)cc2)c1=O. The Morgan fingerprint density at radius 1 is 1.11 bits per heavy atom. The van der Waals surface area contributed by atoms with Gasteiger partial charge in [-0.1, -0.05) is 6.92 Å². The number of nitrogens with zero attached hydrogens (tertiary/aromatic N) is 1. The second kappa shape index (κ2) is 9.59. The molecule has 0 saturated heterocycles. The summed E-state index contributed by atoms with van der Waals surface area (Å²) in [6.07, 6.45) is 0.798. The Bertz CT molecular complexity index is 890. The number of hydrogen-bond donors (Lipinski definition) is 3. The number of benzene rings is 1. The lowest BCUT2D eigenvalue weighted by atomic mass is 10.2. The summed E-state index contributed by atoms with van der Waals surface area (Å²) in [5.41, 5.74) is 0.834. The second-order valence-electron chi connectivity index (χ2n) is 6.46. The van der Waals surface area contributed by atoms with Crippen LogP contribution in [0.3, 0.4) is 0 Å². The fourth-order valence-corrected chi connectivity index (χ4v) is 2.49. The first-order valence-electron chi connectivity index (χ1n) is 9.06. The number of ether oxygens (including phenoxy) is 1. The summed E-state index contributed by atoms with van der Waals surface area (Å²) in [6, 6.07) is 9.47. The van der Waals surface area contributed by atoms with Crippen LogP contribution in [-0.2, 0) is 11.3 Å². The lowest BCUT2D eigenvalue weighted by Crippen LogP contribution is -2.38. The molecule has 0 unspecified atom stereocenters. The van der Waals surface area contributed by atoms with Gasteiger partial charge in [-0.2, -0.15) is 0 Å². The van der Waals surface area contributed by atoms with E-state index in [1.807, 2.05) is 13.8 Å². The third-order valence-corrected chi connectivity index (χ3v) is 4.31. The number of aromatic nitrogens is 1. The van der Waals surface area contributed by atoms with E-state index in [1.165, 1.54) is 10.6 Å². The molecule has 150 valence electrons. The Hall–Kier alpha value is -3.29. The molecule has 28 heavy (non-hydrogen) atoms. The van der Waals surface area contributed by atoms with Gasteiger partial charge in [0.05, 0.1) is 7.11 Å². The number of anilines is 2. The van der Waals surface area contributed by atoms with Crippen LogP contribution in [0.2, 0.25) is 0 Å². The Morgan fingerprint density at radius 2 is 1.79 bits per heavy atom. The van der Waals surface area contributed by atoms with Crippen LogP contribution in [0.5, 0.6) is 5.75 Å². The van der Waals surface area contributed by atoms with Gasteiger partial charge in [0.25, 0.3) is 5.56 Å². The van der Waals surface area contributed by atoms with Crippen molar-refractivity contribution in [3.05, 3.63) is 52.4 Å². The van der Waals surface area contributed by atoms with E-state index in [1.54, 1.807) is 44.4 Å². The summed E-state index contributed by atoms with van der Waals surface area (Å²) in [7, 11) is 1.56. The molecule has 0 bridgehead atoms. The molecule has 1 heterocycles. The van der Waals surface area contributed by atoms with Gasteiger partial charge >= 0.3 is 6.03 Å². The maximum Gasteiger partial charge on any atom is 0.323 e. The molecule has 3 N–H and O–H groups in total. The maximum atomic E-state index is 12.7. The minimum absolute atomic E-state index is 0.0279. The van der Waals surface area contributed by atoms with E-state index >= 15 is 0 Å². The highest BCUT2D eigenvalue weighted by molar-refractivity contribution is 5.99. The fraction of sp³-hybridized carbons (Fsp3) is 0.350. The van der Waals surface area contributed by atoms with Gasteiger partial charge < -0.3 is 25.3 Å². The number of urea groups is 1. The third kappa shape index (κ3) is 5.60. The van der Waals surface area contributed by atoms with Crippen molar-refractivity contribution in [2.45, 2.75) is 39.8 Å². The van der Waals surface area contributed by atoms with E-state index in [9.17, 15) is 14.4 Å². The predicted molar refractivity (Wildman–Crippen MR) is 109 cm³/mol. The quantitative estimate of drug-likeness (QED) is 0.681. The molecule has 1 aromatic carbocycles. The zero-order valence-electron chi connectivity index (χ0n) is 16.5. The first-order chi connectivity index (χ1) is 13.3. The van der Waals surface area contributed by atoms with Crippen molar-refractivity contribution in [3.63, 3.8) is 0 Å². The lowest BCUT2D eigenvalue weighted by molar-refractivity contribution is -0.122. The Balaban J connectivity index is 2.09. The molecule has 0 fully saturated rings. The Morgan fingerprint density at radius 3 is 2.39 bits per heavy atom. The van der Waals surface area contributed by atoms with Gasteiger partial charge in [-0.25, -0.2) is 4.79 Å². The largest absolute Gasteiger partial charge is 0.497 e.